The van der Waals surface area contributed by atoms with E-state index in [1.165, 1.54) is 5.56 Å². The van der Waals surface area contributed by atoms with Crippen molar-refractivity contribution in [3.63, 3.8) is 0 Å². The minimum atomic E-state index is -0.167. The number of anilines is 2. The number of hydrogen-bond acceptors (Lipinski definition) is 2. The van der Waals surface area contributed by atoms with Crippen LogP contribution >= 0.6 is 11.6 Å². The normalized spacial score (nSPS) is 14.3. The second-order valence-corrected chi connectivity index (χ2v) is 6.94. The third-order valence-corrected chi connectivity index (χ3v) is 4.87. The predicted molar refractivity (Wildman–Crippen MR) is 99.8 cm³/mol. The number of fused-ring (bicyclic) bond motifs is 2. The maximum absolute atomic E-state index is 6.47. The highest BCUT2D eigenvalue weighted by Crippen LogP contribution is 2.48. The van der Waals surface area contributed by atoms with Gasteiger partial charge in [-0.15, -0.1) is 0 Å². The van der Waals surface area contributed by atoms with Gasteiger partial charge < -0.3 is 10.1 Å². The van der Waals surface area contributed by atoms with E-state index in [0.717, 1.165) is 33.5 Å². The van der Waals surface area contributed by atoms with Crippen LogP contribution in [0.1, 0.15) is 25.0 Å². The summed E-state index contributed by atoms with van der Waals surface area (Å²) in [5, 5.41) is 4.29. The monoisotopic (exact) mass is 335 g/mol. The Morgan fingerprint density at radius 2 is 1.62 bits per heavy atom. The van der Waals surface area contributed by atoms with Gasteiger partial charge in [0.05, 0.1) is 0 Å². The molecule has 0 bridgehead atoms. The zero-order valence-electron chi connectivity index (χ0n) is 13.6. The molecule has 0 unspecified atom stereocenters. The molecule has 24 heavy (non-hydrogen) atoms. The molecule has 0 saturated heterocycles. The Balaban J connectivity index is 1.76. The molecule has 0 aliphatic carbocycles. The van der Waals surface area contributed by atoms with Crippen molar-refractivity contribution in [1.29, 1.82) is 0 Å². The standard InChI is InChI=1S/C21H18ClNO/c1-21(2)16-12-11-15(24-14-7-4-3-5-8-14)13-19(16)23-18-10-6-9-17(22)20(18)21/h3-13,23H,1-2H3. The molecule has 0 spiro atoms. The summed E-state index contributed by atoms with van der Waals surface area (Å²) in [6, 6.07) is 22.0. The molecule has 0 aromatic heterocycles. The van der Waals surface area contributed by atoms with E-state index in [9.17, 15) is 0 Å². The van der Waals surface area contributed by atoms with E-state index >= 15 is 0 Å². The van der Waals surface area contributed by atoms with Crippen LogP contribution in [0.3, 0.4) is 0 Å². The van der Waals surface area contributed by atoms with Crippen LogP contribution in [-0.4, -0.2) is 0 Å². The number of benzene rings is 3. The molecular weight excluding hydrogens is 318 g/mol. The number of rotatable bonds is 2. The van der Waals surface area contributed by atoms with Crippen LogP contribution in [0.15, 0.2) is 66.7 Å². The van der Waals surface area contributed by atoms with Gasteiger partial charge in [-0.05, 0) is 35.9 Å². The molecule has 1 aliphatic heterocycles. The first-order valence-corrected chi connectivity index (χ1v) is 8.37. The maximum atomic E-state index is 6.47. The van der Waals surface area contributed by atoms with Gasteiger partial charge in [0.15, 0.2) is 0 Å². The molecule has 0 fully saturated rings. The van der Waals surface area contributed by atoms with E-state index in [4.69, 9.17) is 16.3 Å². The zero-order valence-corrected chi connectivity index (χ0v) is 14.4. The lowest BCUT2D eigenvalue weighted by atomic mass is 9.74. The quantitative estimate of drug-likeness (QED) is 0.576. The molecule has 4 rings (SSSR count). The van der Waals surface area contributed by atoms with E-state index in [2.05, 4.69) is 31.3 Å². The predicted octanol–water partition coefficient (Wildman–Crippen LogP) is 6.52. The minimum Gasteiger partial charge on any atom is -0.457 e. The Kier molecular flexibility index (Phi) is 3.50. The maximum Gasteiger partial charge on any atom is 0.129 e. The van der Waals surface area contributed by atoms with Crippen LogP contribution in [0.5, 0.6) is 11.5 Å². The van der Waals surface area contributed by atoms with Crippen molar-refractivity contribution >= 4 is 23.0 Å². The van der Waals surface area contributed by atoms with Crippen molar-refractivity contribution in [3.8, 4) is 11.5 Å². The summed E-state index contributed by atoms with van der Waals surface area (Å²) in [6.45, 7) is 4.41. The fourth-order valence-electron chi connectivity index (χ4n) is 3.40. The second kappa shape index (κ2) is 5.57. The molecule has 0 amide bonds. The third-order valence-electron chi connectivity index (χ3n) is 4.55. The van der Waals surface area contributed by atoms with E-state index in [1.54, 1.807) is 0 Å². The molecule has 3 heteroatoms. The molecule has 2 nitrogen and oxygen atoms in total. The van der Waals surface area contributed by atoms with Crippen LogP contribution < -0.4 is 10.1 Å². The van der Waals surface area contributed by atoms with Gasteiger partial charge in [0, 0.05) is 33.4 Å². The van der Waals surface area contributed by atoms with Crippen molar-refractivity contribution in [2.24, 2.45) is 0 Å². The number of para-hydroxylation sites is 1. The topological polar surface area (TPSA) is 21.3 Å². The van der Waals surface area contributed by atoms with Crippen LogP contribution in [0.25, 0.3) is 0 Å². The summed E-state index contributed by atoms with van der Waals surface area (Å²) in [5.74, 6) is 1.64. The van der Waals surface area contributed by atoms with Crippen molar-refractivity contribution in [2.75, 3.05) is 5.32 Å². The Morgan fingerprint density at radius 3 is 2.42 bits per heavy atom. The number of halogens is 1. The van der Waals surface area contributed by atoms with E-state index < -0.39 is 0 Å². The molecule has 120 valence electrons. The summed E-state index contributed by atoms with van der Waals surface area (Å²) in [6.07, 6.45) is 0. The fourth-order valence-corrected chi connectivity index (χ4v) is 3.81. The van der Waals surface area contributed by atoms with Gasteiger partial charge in [-0.3, -0.25) is 0 Å². The smallest absolute Gasteiger partial charge is 0.129 e. The Bertz CT molecular complexity index is 903. The first kappa shape index (κ1) is 15.1. The van der Waals surface area contributed by atoms with Crippen molar-refractivity contribution in [3.05, 3.63) is 82.9 Å². The third kappa shape index (κ3) is 2.44. The van der Waals surface area contributed by atoms with E-state index in [1.807, 2.05) is 54.6 Å². The second-order valence-electron chi connectivity index (χ2n) is 6.53. The lowest BCUT2D eigenvalue weighted by molar-refractivity contribution is 0.482. The van der Waals surface area contributed by atoms with Crippen LogP contribution in [0.4, 0.5) is 11.4 Å². The molecule has 1 N–H and O–H groups in total. The Morgan fingerprint density at radius 1 is 0.833 bits per heavy atom. The van der Waals surface area contributed by atoms with E-state index in [-0.39, 0.29) is 5.41 Å². The largest absolute Gasteiger partial charge is 0.457 e. The minimum absolute atomic E-state index is 0.167. The van der Waals surface area contributed by atoms with Crippen LogP contribution in [0, 0.1) is 0 Å². The molecule has 0 radical (unpaired) electrons. The first-order valence-electron chi connectivity index (χ1n) is 7.99. The zero-order chi connectivity index (χ0) is 16.7. The molecule has 0 saturated carbocycles. The molecular formula is C21H18ClNO. The Labute approximate surface area is 147 Å². The molecule has 1 heterocycles. The SMILES string of the molecule is CC1(C)c2ccc(Oc3ccccc3)cc2Nc2cccc(Cl)c21. The summed E-state index contributed by atoms with van der Waals surface area (Å²) in [4.78, 5) is 0. The molecule has 1 aliphatic rings. The van der Waals surface area contributed by atoms with Gasteiger partial charge >= 0.3 is 0 Å². The summed E-state index contributed by atoms with van der Waals surface area (Å²) < 4.78 is 5.96. The van der Waals surface area contributed by atoms with Crippen LogP contribution in [-0.2, 0) is 5.41 Å². The van der Waals surface area contributed by atoms with Crippen molar-refractivity contribution in [2.45, 2.75) is 19.3 Å². The van der Waals surface area contributed by atoms with Crippen molar-refractivity contribution < 1.29 is 4.74 Å². The van der Waals surface area contributed by atoms with Gasteiger partial charge in [0.25, 0.3) is 0 Å². The number of ether oxygens (including phenoxy) is 1. The van der Waals surface area contributed by atoms with Gasteiger partial charge in [-0.25, -0.2) is 0 Å². The summed E-state index contributed by atoms with van der Waals surface area (Å²) >= 11 is 6.47. The average molecular weight is 336 g/mol. The lowest BCUT2D eigenvalue weighted by Crippen LogP contribution is -2.26. The lowest BCUT2D eigenvalue weighted by Gasteiger charge is -2.36. The summed E-state index contributed by atoms with van der Waals surface area (Å²) in [5.41, 5.74) is 4.29. The molecule has 3 aromatic carbocycles. The highest BCUT2D eigenvalue weighted by molar-refractivity contribution is 6.32. The number of nitrogens with one attached hydrogen (secondary N) is 1. The van der Waals surface area contributed by atoms with Gasteiger partial charge in [-0.1, -0.05) is 55.8 Å². The van der Waals surface area contributed by atoms with Gasteiger partial charge in [0.2, 0.25) is 0 Å². The highest BCUT2D eigenvalue weighted by Gasteiger charge is 2.34. The Hall–Kier alpha value is -2.45. The summed E-state index contributed by atoms with van der Waals surface area (Å²) in [7, 11) is 0. The van der Waals surface area contributed by atoms with Gasteiger partial charge in [0.1, 0.15) is 11.5 Å². The number of hydrogen-bond donors (Lipinski definition) is 1. The average Bonchev–Trinajstić information content (AvgIpc) is 2.55. The first-order chi connectivity index (χ1) is 11.6. The van der Waals surface area contributed by atoms with Crippen molar-refractivity contribution in [1.82, 2.24) is 0 Å². The van der Waals surface area contributed by atoms with Crippen LogP contribution in [0.2, 0.25) is 5.02 Å². The highest BCUT2D eigenvalue weighted by atomic mass is 35.5. The molecule has 3 aromatic rings. The van der Waals surface area contributed by atoms with E-state index in [0.29, 0.717) is 0 Å². The van der Waals surface area contributed by atoms with Gasteiger partial charge in [-0.2, -0.15) is 0 Å². The fraction of sp³-hybridized carbons (Fsp3) is 0.143. The molecule has 0 atom stereocenters.